The Labute approximate surface area is 201 Å². The van der Waals surface area contributed by atoms with Gasteiger partial charge in [-0.3, -0.25) is 13.9 Å². The number of hydrogen-bond donors (Lipinski definition) is 1. The zero-order chi connectivity index (χ0) is 24.8. The van der Waals surface area contributed by atoms with E-state index in [0.29, 0.717) is 17.3 Å². The smallest absolute Gasteiger partial charge is 0.244 e. The van der Waals surface area contributed by atoms with E-state index in [1.807, 2.05) is 20.8 Å². The van der Waals surface area contributed by atoms with Crippen LogP contribution in [0.4, 0.5) is 5.69 Å². The van der Waals surface area contributed by atoms with Crippen LogP contribution in [0.2, 0.25) is 5.02 Å². The van der Waals surface area contributed by atoms with E-state index in [9.17, 15) is 18.0 Å². The minimum atomic E-state index is -3.74. The van der Waals surface area contributed by atoms with E-state index in [4.69, 9.17) is 11.6 Å². The second kappa shape index (κ2) is 11.5. The summed E-state index contributed by atoms with van der Waals surface area (Å²) in [5.74, 6) is -0.528. The lowest BCUT2D eigenvalue weighted by Crippen LogP contribution is -2.51. The Morgan fingerprint density at radius 2 is 1.58 bits per heavy atom. The van der Waals surface area contributed by atoms with E-state index in [1.54, 1.807) is 55.5 Å². The van der Waals surface area contributed by atoms with Crippen molar-refractivity contribution in [2.45, 2.75) is 40.3 Å². The van der Waals surface area contributed by atoms with Crippen LogP contribution in [-0.2, 0) is 26.2 Å². The summed E-state index contributed by atoms with van der Waals surface area (Å²) in [6.07, 6.45) is 1.06. The van der Waals surface area contributed by atoms with Crippen LogP contribution in [0.3, 0.4) is 0 Å². The Bertz CT molecular complexity index is 1050. The fourth-order valence-corrected chi connectivity index (χ4v) is 4.12. The number of nitrogens with one attached hydrogen (secondary N) is 1. The van der Waals surface area contributed by atoms with Crippen LogP contribution in [0, 0.1) is 12.8 Å². The molecule has 33 heavy (non-hydrogen) atoms. The fraction of sp³-hybridized carbons (Fsp3) is 0.417. The van der Waals surface area contributed by atoms with Crippen molar-refractivity contribution in [3.63, 3.8) is 0 Å². The summed E-state index contributed by atoms with van der Waals surface area (Å²) < 4.78 is 26.1. The number of sulfonamides is 1. The zero-order valence-electron chi connectivity index (χ0n) is 19.7. The molecule has 2 amide bonds. The van der Waals surface area contributed by atoms with Gasteiger partial charge >= 0.3 is 0 Å². The normalized spacial score (nSPS) is 12.3. The quantitative estimate of drug-likeness (QED) is 0.547. The Balaban J connectivity index is 2.34. The summed E-state index contributed by atoms with van der Waals surface area (Å²) in [5.41, 5.74) is 2.13. The molecule has 2 rings (SSSR count). The van der Waals surface area contributed by atoms with Crippen LogP contribution in [0.1, 0.15) is 31.9 Å². The molecule has 0 aliphatic heterocycles. The van der Waals surface area contributed by atoms with Crippen molar-refractivity contribution >= 4 is 39.1 Å². The van der Waals surface area contributed by atoms with Gasteiger partial charge in [0.1, 0.15) is 12.6 Å². The van der Waals surface area contributed by atoms with Gasteiger partial charge in [-0.15, -0.1) is 0 Å². The van der Waals surface area contributed by atoms with Gasteiger partial charge in [-0.05, 0) is 49.6 Å². The van der Waals surface area contributed by atoms with Crippen molar-refractivity contribution in [1.29, 1.82) is 0 Å². The predicted molar refractivity (Wildman–Crippen MR) is 133 cm³/mol. The summed E-state index contributed by atoms with van der Waals surface area (Å²) in [6.45, 7) is 7.69. The highest BCUT2D eigenvalue weighted by Crippen LogP contribution is 2.20. The second-order valence-electron chi connectivity index (χ2n) is 8.57. The molecule has 0 aromatic heterocycles. The van der Waals surface area contributed by atoms with Crippen LogP contribution >= 0.6 is 11.6 Å². The number of anilines is 1. The molecular weight excluding hydrogens is 462 g/mol. The van der Waals surface area contributed by atoms with Crippen LogP contribution in [0.25, 0.3) is 0 Å². The molecule has 0 saturated carbocycles. The van der Waals surface area contributed by atoms with Crippen LogP contribution in [0.15, 0.2) is 48.5 Å². The van der Waals surface area contributed by atoms with Gasteiger partial charge in [0.15, 0.2) is 0 Å². The number of aryl methyl sites for hydroxylation is 1. The van der Waals surface area contributed by atoms with Gasteiger partial charge in [0, 0.05) is 18.1 Å². The topological polar surface area (TPSA) is 86.8 Å². The molecule has 2 aromatic rings. The van der Waals surface area contributed by atoms with Gasteiger partial charge in [-0.1, -0.05) is 55.3 Å². The molecule has 180 valence electrons. The highest BCUT2D eigenvalue weighted by Gasteiger charge is 2.30. The third-order valence-electron chi connectivity index (χ3n) is 5.12. The van der Waals surface area contributed by atoms with E-state index >= 15 is 0 Å². The summed E-state index contributed by atoms with van der Waals surface area (Å²) in [7, 11) is -3.74. The number of rotatable bonds is 10. The largest absolute Gasteiger partial charge is 0.354 e. The summed E-state index contributed by atoms with van der Waals surface area (Å²) in [6, 6.07) is 13.0. The lowest BCUT2D eigenvalue weighted by molar-refractivity contribution is -0.139. The number of amides is 2. The first-order chi connectivity index (χ1) is 15.4. The van der Waals surface area contributed by atoms with Gasteiger partial charge in [-0.2, -0.15) is 0 Å². The van der Waals surface area contributed by atoms with E-state index < -0.39 is 28.5 Å². The maximum Gasteiger partial charge on any atom is 0.244 e. The van der Waals surface area contributed by atoms with Crippen molar-refractivity contribution < 1.29 is 18.0 Å². The number of nitrogens with zero attached hydrogens (tertiary/aromatic N) is 2. The molecule has 1 N–H and O–H groups in total. The molecule has 1 atom stereocenters. The minimum Gasteiger partial charge on any atom is -0.354 e. The minimum absolute atomic E-state index is 0.137. The van der Waals surface area contributed by atoms with Gasteiger partial charge in [-0.25, -0.2) is 8.42 Å². The zero-order valence-corrected chi connectivity index (χ0v) is 21.3. The summed E-state index contributed by atoms with van der Waals surface area (Å²) in [5, 5.41) is 3.41. The monoisotopic (exact) mass is 493 g/mol. The molecule has 7 nitrogen and oxygen atoms in total. The Kier molecular flexibility index (Phi) is 9.31. The van der Waals surface area contributed by atoms with Gasteiger partial charge in [0.05, 0.1) is 11.9 Å². The van der Waals surface area contributed by atoms with Crippen molar-refractivity contribution in [3.8, 4) is 0 Å². The lowest BCUT2D eigenvalue weighted by atomic mass is 10.1. The Morgan fingerprint density at radius 3 is 2.09 bits per heavy atom. The molecular formula is C24H32ClN3O4S. The number of carbonyl (C=O) groups is 2. The second-order valence-corrected chi connectivity index (χ2v) is 10.9. The number of carbonyl (C=O) groups excluding carboxylic acids is 2. The first kappa shape index (κ1) is 26.7. The lowest BCUT2D eigenvalue weighted by Gasteiger charge is -2.31. The van der Waals surface area contributed by atoms with E-state index in [2.05, 4.69) is 5.32 Å². The molecule has 2 aromatic carbocycles. The molecule has 0 bridgehead atoms. The molecule has 0 spiro atoms. The molecule has 0 heterocycles. The molecule has 0 fully saturated rings. The predicted octanol–water partition coefficient (Wildman–Crippen LogP) is 3.60. The van der Waals surface area contributed by atoms with E-state index in [-0.39, 0.29) is 18.4 Å². The van der Waals surface area contributed by atoms with Crippen molar-refractivity contribution in [1.82, 2.24) is 10.2 Å². The van der Waals surface area contributed by atoms with Crippen LogP contribution in [-0.4, -0.2) is 50.5 Å². The van der Waals surface area contributed by atoms with E-state index in [0.717, 1.165) is 21.7 Å². The van der Waals surface area contributed by atoms with Gasteiger partial charge in [0.2, 0.25) is 21.8 Å². The van der Waals surface area contributed by atoms with Crippen LogP contribution in [0.5, 0.6) is 0 Å². The molecule has 0 aliphatic rings. The average Bonchev–Trinajstić information content (AvgIpc) is 2.74. The maximum absolute atomic E-state index is 13.4. The van der Waals surface area contributed by atoms with Crippen molar-refractivity contribution in [2.24, 2.45) is 5.92 Å². The van der Waals surface area contributed by atoms with Crippen LogP contribution < -0.4 is 9.62 Å². The van der Waals surface area contributed by atoms with Gasteiger partial charge in [0.25, 0.3) is 0 Å². The SMILES string of the molecule is Cc1ccc(N(CC(=O)N(Cc2ccc(Cl)cc2)C(C)C(=O)NCC(C)C)S(C)(=O)=O)cc1. The highest BCUT2D eigenvalue weighted by molar-refractivity contribution is 7.92. The number of halogens is 1. The fourth-order valence-electron chi connectivity index (χ4n) is 3.15. The molecule has 0 saturated heterocycles. The average molecular weight is 494 g/mol. The Hall–Kier alpha value is -2.58. The third-order valence-corrected chi connectivity index (χ3v) is 6.51. The molecule has 9 heteroatoms. The summed E-state index contributed by atoms with van der Waals surface area (Å²) >= 11 is 5.97. The Morgan fingerprint density at radius 1 is 1.00 bits per heavy atom. The van der Waals surface area contributed by atoms with Gasteiger partial charge < -0.3 is 10.2 Å². The standard InChI is InChI=1S/C24H32ClN3O4S/c1-17(2)14-26-24(30)19(4)27(15-20-8-10-21(25)11-9-20)23(29)16-28(33(5,31)32)22-12-6-18(3)7-13-22/h6-13,17,19H,14-16H2,1-5H3,(H,26,30). The first-order valence-corrected chi connectivity index (χ1v) is 13.0. The number of hydrogen-bond acceptors (Lipinski definition) is 4. The van der Waals surface area contributed by atoms with E-state index in [1.165, 1.54) is 4.90 Å². The third kappa shape index (κ3) is 8.05. The molecule has 0 aliphatic carbocycles. The molecule has 1 unspecified atom stereocenters. The molecule has 0 radical (unpaired) electrons. The highest BCUT2D eigenvalue weighted by atomic mass is 35.5. The van der Waals surface area contributed by atoms with Crippen molar-refractivity contribution in [3.05, 3.63) is 64.7 Å². The number of benzene rings is 2. The maximum atomic E-state index is 13.4. The summed E-state index contributed by atoms with van der Waals surface area (Å²) in [4.78, 5) is 27.6. The van der Waals surface area contributed by atoms with Crippen molar-refractivity contribution in [2.75, 3.05) is 23.7 Å². The first-order valence-electron chi connectivity index (χ1n) is 10.7.